The third kappa shape index (κ3) is 5.48. The second-order valence-electron chi connectivity index (χ2n) is 8.27. The molecule has 1 saturated heterocycles. The molecule has 3 aromatic rings. The van der Waals surface area contributed by atoms with Gasteiger partial charge in [-0.25, -0.2) is 4.98 Å². The molecule has 5 heteroatoms. The molecule has 1 aliphatic heterocycles. The summed E-state index contributed by atoms with van der Waals surface area (Å²) in [7, 11) is 0. The van der Waals surface area contributed by atoms with Crippen LogP contribution in [0.25, 0.3) is 17.1 Å². The van der Waals surface area contributed by atoms with Gasteiger partial charge in [0.15, 0.2) is 0 Å². The standard InChI is InChI=1S/C27H31N5/c1-3-22-5-7-23(8-6-22)21-32-17-11-25-19-26(20-30-27(25)32)24-9-15-31(16-10-24)18-14-29-13-4-12-28-2/h3-8,11-13,17,19-20,24H,1-2,9-10,14-16,18,21H2/b12-4-,29-13?. The number of allylic oxidation sites excluding steroid dienone is 1. The van der Waals surface area contributed by atoms with Gasteiger partial charge < -0.3 is 9.47 Å². The highest BCUT2D eigenvalue weighted by Crippen LogP contribution is 2.29. The minimum atomic E-state index is 0.586. The van der Waals surface area contributed by atoms with E-state index in [2.05, 4.69) is 81.5 Å². The summed E-state index contributed by atoms with van der Waals surface area (Å²) >= 11 is 0. The number of piperidine rings is 1. The first kappa shape index (κ1) is 21.9. The van der Waals surface area contributed by atoms with E-state index in [4.69, 9.17) is 4.98 Å². The molecule has 0 amide bonds. The lowest BCUT2D eigenvalue weighted by Crippen LogP contribution is -2.34. The molecule has 2 aromatic heterocycles. The van der Waals surface area contributed by atoms with Gasteiger partial charge in [-0.15, -0.1) is 0 Å². The molecule has 1 aromatic carbocycles. The Balaban J connectivity index is 1.33. The summed E-state index contributed by atoms with van der Waals surface area (Å²) in [6.07, 6.45) is 13.7. The number of aliphatic imine (C=N–C) groups is 2. The maximum Gasteiger partial charge on any atom is 0.140 e. The van der Waals surface area contributed by atoms with Crippen molar-refractivity contribution < 1.29 is 0 Å². The van der Waals surface area contributed by atoms with Crippen LogP contribution in [0.15, 0.2) is 77.6 Å². The van der Waals surface area contributed by atoms with Gasteiger partial charge >= 0.3 is 0 Å². The molecule has 0 atom stereocenters. The molecule has 0 bridgehead atoms. The summed E-state index contributed by atoms with van der Waals surface area (Å²) in [5.74, 6) is 0.586. The molecule has 5 nitrogen and oxygen atoms in total. The van der Waals surface area contributed by atoms with E-state index in [-0.39, 0.29) is 0 Å². The number of benzene rings is 1. The number of fused-ring (bicyclic) bond motifs is 1. The molecular formula is C27H31N5. The highest BCUT2D eigenvalue weighted by Gasteiger charge is 2.21. The van der Waals surface area contributed by atoms with Crippen molar-refractivity contribution in [3.8, 4) is 0 Å². The molecule has 3 heterocycles. The van der Waals surface area contributed by atoms with Crippen LogP contribution in [0.1, 0.15) is 35.4 Å². The first-order chi connectivity index (χ1) is 15.8. The number of nitrogens with zero attached hydrogens (tertiary/aromatic N) is 5. The van der Waals surface area contributed by atoms with Crippen molar-refractivity contribution in [1.82, 2.24) is 14.5 Å². The Hall–Kier alpha value is -3.31. The van der Waals surface area contributed by atoms with Gasteiger partial charge in [-0.2, -0.15) is 0 Å². The van der Waals surface area contributed by atoms with Crippen LogP contribution >= 0.6 is 0 Å². The van der Waals surface area contributed by atoms with E-state index in [1.54, 1.807) is 12.4 Å². The number of aromatic nitrogens is 2. The zero-order chi connectivity index (χ0) is 22.2. The average Bonchev–Trinajstić information content (AvgIpc) is 3.24. The Morgan fingerprint density at radius 2 is 1.94 bits per heavy atom. The van der Waals surface area contributed by atoms with Crippen LogP contribution in [0.4, 0.5) is 0 Å². The Morgan fingerprint density at radius 1 is 1.12 bits per heavy atom. The maximum absolute atomic E-state index is 4.85. The summed E-state index contributed by atoms with van der Waals surface area (Å²) in [5, 5.41) is 1.23. The van der Waals surface area contributed by atoms with Gasteiger partial charge in [0.1, 0.15) is 5.65 Å². The fraction of sp³-hybridized carbons (Fsp3) is 0.296. The molecule has 0 aliphatic carbocycles. The summed E-state index contributed by atoms with van der Waals surface area (Å²) in [6, 6.07) is 13.1. The minimum Gasteiger partial charge on any atom is -0.328 e. The Morgan fingerprint density at radius 3 is 2.69 bits per heavy atom. The monoisotopic (exact) mass is 425 g/mol. The molecular weight excluding hydrogens is 394 g/mol. The summed E-state index contributed by atoms with van der Waals surface area (Å²) in [5.41, 5.74) is 4.83. The molecule has 164 valence electrons. The van der Waals surface area contributed by atoms with Gasteiger partial charge in [0.25, 0.3) is 0 Å². The maximum atomic E-state index is 4.85. The highest BCUT2D eigenvalue weighted by atomic mass is 15.1. The van der Waals surface area contributed by atoms with E-state index in [9.17, 15) is 0 Å². The lowest BCUT2D eigenvalue weighted by atomic mass is 9.90. The van der Waals surface area contributed by atoms with Crippen LogP contribution in [0.3, 0.4) is 0 Å². The fourth-order valence-corrected chi connectivity index (χ4v) is 4.33. The molecule has 1 fully saturated rings. The van der Waals surface area contributed by atoms with E-state index in [0.29, 0.717) is 5.92 Å². The van der Waals surface area contributed by atoms with E-state index in [1.807, 2.05) is 12.2 Å². The number of rotatable bonds is 9. The van der Waals surface area contributed by atoms with E-state index < -0.39 is 0 Å². The van der Waals surface area contributed by atoms with Crippen molar-refractivity contribution in [2.45, 2.75) is 25.3 Å². The highest BCUT2D eigenvalue weighted by molar-refractivity contribution is 5.77. The largest absolute Gasteiger partial charge is 0.328 e. The second kappa shape index (κ2) is 10.8. The minimum absolute atomic E-state index is 0.586. The summed E-state index contributed by atoms with van der Waals surface area (Å²) in [4.78, 5) is 15.4. The van der Waals surface area contributed by atoms with Crippen LogP contribution in [-0.2, 0) is 6.54 Å². The van der Waals surface area contributed by atoms with Crippen molar-refractivity contribution >= 4 is 30.0 Å². The Bertz CT molecular complexity index is 1100. The van der Waals surface area contributed by atoms with Crippen LogP contribution < -0.4 is 0 Å². The Kier molecular flexibility index (Phi) is 7.41. The van der Waals surface area contributed by atoms with Crippen molar-refractivity contribution in [2.24, 2.45) is 9.98 Å². The first-order valence-electron chi connectivity index (χ1n) is 11.3. The molecule has 0 saturated carbocycles. The van der Waals surface area contributed by atoms with E-state index >= 15 is 0 Å². The van der Waals surface area contributed by atoms with Crippen molar-refractivity contribution in [2.75, 3.05) is 26.2 Å². The lowest BCUT2D eigenvalue weighted by molar-refractivity contribution is 0.218. The molecule has 0 N–H and O–H groups in total. The van der Waals surface area contributed by atoms with Crippen LogP contribution in [-0.4, -0.2) is 53.6 Å². The van der Waals surface area contributed by atoms with Gasteiger partial charge in [0.05, 0.1) is 6.54 Å². The third-order valence-electron chi connectivity index (χ3n) is 6.18. The second-order valence-corrected chi connectivity index (χ2v) is 8.27. The SMILES string of the molecule is C=Cc1ccc(Cn2ccc3cc(C4CCN(CCN=C/C=C\N=C)CC4)cnc32)cc1. The number of pyridine rings is 1. The third-order valence-corrected chi connectivity index (χ3v) is 6.18. The topological polar surface area (TPSA) is 45.8 Å². The zero-order valence-corrected chi connectivity index (χ0v) is 18.6. The van der Waals surface area contributed by atoms with Crippen LogP contribution in [0.5, 0.6) is 0 Å². The van der Waals surface area contributed by atoms with Crippen LogP contribution in [0, 0.1) is 0 Å². The number of likely N-dealkylation sites (tertiary alicyclic amines) is 1. The number of hydrogen-bond acceptors (Lipinski definition) is 4. The Labute approximate surface area is 190 Å². The van der Waals surface area contributed by atoms with E-state index in [1.165, 1.54) is 29.4 Å². The van der Waals surface area contributed by atoms with Gasteiger partial charge in [-0.3, -0.25) is 9.98 Å². The molecule has 1 aliphatic rings. The fourth-order valence-electron chi connectivity index (χ4n) is 4.33. The normalized spacial score (nSPS) is 15.8. The van der Waals surface area contributed by atoms with Gasteiger partial charge in [-0.05, 0) is 73.5 Å². The lowest BCUT2D eigenvalue weighted by Gasteiger charge is -2.31. The molecule has 4 rings (SSSR count). The molecule has 0 radical (unpaired) electrons. The molecule has 0 unspecified atom stereocenters. The smallest absolute Gasteiger partial charge is 0.140 e. The van der Waals surface area contributed by atoms with Crippen molar-refractivity contribution in [3.05, 3.63) is 84.3 Å². The van der Waals surface area contributed by atoms with Gasteiger partial charge in [0.2, 0.25) is 0 Å². The predicted octanol–water partition coefficient (Wildman–Crippen LogP) is 5.19. The zero-order valence-electron chi connectivity index (χ0n) is 18.6. The quantitative estimate of drug-likeness (QED) is 0.443. The van der Waals surface area contributed by atoms with E-state index in [0.717, 1.165) is 43.9 Å². The van der Waals surface area contributed by atoms with Gasteiger partial charge in [-0.1, -0.05) is 36.9 Å². The first-order valence-corrected chi connectivity index (χ1v) is 11.3. The van der Waals surface area contributed by atoms with Crippen molar-refractivity contribution in [3.63, 3.8) is 0 Å². The van der Waals surface area contributed by atoms with Gasteiger partial charge in [0, 0.05) is 43.3 Å². The number of hydrogen-bond donors (Lipinski definition) is 0. The average molecular weight is 426 g/mol. The molecule has 32 heavy (non-hydrogen) atoms. The van der Waals surface area contributed by atoms with Crippen LogP contribution in [0.2, 0.25) is 0 Å². The molecule has 0 spiro atoms. The predicted molar refractivity (Wildman–Crippen MR) is 136 cm³/mol. The van der Waals surface area contributed by atoms with Crippen molar-refractivity contribution in [1.29, 1.82) is 0 Å². The summed E-state index contributed by atoms with van der Waals surface area (Å²) < 4.78 is 2.23. The summed E-state index contributed by atoms with van der Waals surface area (Å²) in [6.45, 7) is 12.1.